The number of hydrogen-bond donors (Lipinski definition) is 3. The van der Waals surface area contributed by atoms with E-state index in [9.17, 15) is 5.11 Å². The highest BCUT2D eigenvalue weighted by Gasteiger charge is 2.26. The van der Waals surface area contributed by atoms with Crippen LogP contribution in [0.15, 0.2) is 29.4 Å². The predicted octanol–water partition coefficient (Wildman–Crippen LogP) is 0.941. The van der Waals surface area contributed by atoms with Crippen molar-refractivity contribution in [3.8, 4) is 5.75 Å². The normalized spacial score (nSPS) is 19.7. The Bertz CT molecular complexity index is 455. The standard InChI is InChI=1S/C11H14N4O/c1-7-6-15(11(12)13)14-10(7)8-4-2-3-5-9(8)16/h2-5,7,16H,6H2,1H3,(H3,12,13)/t7-/m1/s1. The summed E-state index contributed by atoms with van der Waals surface area (Å²) in [4.78, 5) is 0. The average molecular weight is 218 g/mol. The summed E-state index contributed by atoms with van der Waals surface area (Å²) >= 11 is 0. The average Bonchev–Trinajstić information content (AvgIpc) is 2.61. The number of phenolic OH excluding ortho intramolecular Hbond substituents is 1. The zero-order valence-electron chi connectivity index (χ0n) is 9.01. The monoisotopic (exact) mass is 218 g/mol. The van der Waals surface area contributed by atoms with E-state index in [1.54, 1.807) is 12.1 Å². The van der Waals surface area contributed by atoms with Crippen LogP contribution in [0.4, 0.5) is 0 Å². The fraction of sp³-hybridized carbons (Fsp3) is 0.273. The van der Waals surface area contributed by atoms with E-state index in [0.717, 1.165) is 5.71 Å². The molecule has 5 nitrogen and oxygen atoms in total. The zero-order chi connectivity index (χ0) is 11.7. The van der Waals surface area contributed by atoms with Crippen molar-refractivity contribution in [2.45, 2.75) is 6.92 Å². The lowest BCUT2D eigenvalue weighted by Crippen LogP contribution is -2.31. The molecule has 0 amide bonds. The van der Waals surface area contributed by atoms with Crippen molar-refractivity contribution < 1.29 is 5.11 Å². The van der Waals surface area contributed by atoms with Gasteiger partial charge in [0.25, 0.3) is 0 Å². The number of guanidine groups is 1. The smallest absolute Gasteiger partial charge is 0.209 e. The molecule has 1 aliphatic heterocycles. The van der Waals surface area contributed by atoms with Gasteiger partial charge in [0.1, 0.15) is 5.75 Å². The Morgan fingerprint density at radius 3 is 2.81 bits per heavy atom. The minimum atomic E-state index is -0.0720. The molecule has 1 aromatic carbocycles. The molecule has 1 heterocycles. The van der Waals surface area contributed by atoms with Gasteiger partial charge in [-0.15, -0.1) is 0 Å². The van der Waals surface area contributed by atoms with E-state index in [2.05, 4.69) is 5.10 Å². The molecule has 0 spiro atoms. The molecule has 0 fully saturated rings. The number of para-hydroxylation sites is 1. The second-order valence-corrected chi connectivity index (χ2v) is 3.87. The van der Waals surface area contributed by atoms with E-state index in [1.165, 1.54) is 5.01 Å². The summed E-state index contributed by atoms with van der Waals surface area (Å²) < 4.78 is 0. The number of nitrogens with one attached hydrogen (secondary N) is 1. The highest BCUT2D eigenvalue weighted by molar-refractivity contribution is 6.05. The minimum absolute atomic E-state index is 0.0720. The summed E-state index contributed by atoms with van der Waals surface area (Å²) in [5.41, 5.74) is 6.86. The Labute approximate surface area is 93.7 Å². The van der Waals surface area contributed by atoms with Gasteiger partial charge in [-0.2, -0.15) is 5.10 Å². The molecule has 0 radical (unpaired) electrons. The summed E-state index contributed by atoms with van der Waals surface area (Å²) in [6.45, 7) is 2.58. The van der Waals surface area contributed by atoms with Gasteiger partial charge < -0.3 is 10.8 Å². The topological polar surface area (TPSA) is 85.7 Å². The van der Waals surface area contributed by atoms with Crippen molar-refractivity contribution >= 4 is 11.7 Å². The molecule has 2 rings (SSSR count). The van der Waals surface area contributed by atoms with Gasteiger partial charge in [-0.25, -0.2) is 5.01 Å². The Hall–Kier alpha value is -2.04. The van der Waals surface area contributed by atoms with Crippen molar-refractivity contribution in [1.29, 1.82) is 5.41 Å². The van der Waals surface area contributed by atoms with Gasteiger partial charge >= 0.3 is 0 Å². The number of rotatable bonds is 1. The van der Waals surface area contributed by atoms with E-state index < -0.39 is 0 Å². The highest BCUT2D eigenvalue weighted by atomic mass is 16.3. The minimum Gasteiger partial charge on any atom is -0.507 e. The molecule has 0 saturated carbocycles. The molecule has 0 aliphatic carbocycles. The van der Waals surface area contributed by atoms with Crippen molar-refractivity contribution in [1.82, 2.24) is 5.01 Å². The lowest BCUT2D eigenvalue weighted by atomic mass is 9.99. The van der Waals surface area contributed by atoms with E-state index in [1.807, 2.05) is 19.1 Å². The summed E-state index contributed by atoms with van der Waals surface area (Å²) in [5.74, 6) is 0.285. The van der Waals surface area contributed by atoms with Gasteiger partial charge in [-0.3, -0.25) is 5.41 Å². The third kappa shape index (κ3) is 1.71. The molecule has 0 bridgehead atoms. The largest absolute Gasteiger partial charge is 0.507 e. The lowest BCUT2D eigenvalue weighted by Gasteiger charge is -2.10. The molecule has 0 saturated heterocycles. The van der Waals surface area contributed by atoms with E-state index >= 15 is 0 Å². The van der Waals surface area contributed by atoms with Gasteiger partial charge in [0.15, 0.2) is 0 Å². The predicted molar refractivity (Wildman–Crippen MR) is 62.4 cm³/mol. The molecule has 4 N–H and O–H groups in total. The first-order valence-electron chi connectivity index (χ1n) is 5.08. The Morgan fingerprint density at radius 1 is 1.56 bits per heavy atom. The maximum absolute atomic E-state index is 9.73. The van der Waals surface area contributed by atoms with Crippen molar-refractivity contribution in [3.63, 3.8) is 0 Å². The molecule has 1 aromatic rings. The SMILES string of the molecule is C[C@@H]1CN(C(=N)N)N=C1c1ccccc1O. The van der Waals surface area contributed by atoms with E-state index in [0.29, 0.717) is 12.1 Å². The Kier molecular flexibility index (Phi) is 2.52. The van der Waals surface area contributed by atoms with Crippen LogP contribution in [0.3, 0.4) is 0 Å². The van der Waals surface area contributed by atoms with Crippen molar-refractivity contribution in [3.05, 3.63) is 29.8 Å². The van der Waals surface area contributed by atoms with Crippen LogP contribution in [0.5, 0.6) is 5.75 Å². The lowest BCUT2D eigenvalue weighted by molar-refractivity contribution is 0.448. The molecule has 16 heavy (non-hydrogen) atoms. The third-order valence-electron chi connectivity index (χ3n) is 2.60. The zero-order valence-corrected chi connectivity index (χ0v) is 9.01. The van der Waals surface area contributed by atoms with Crippen LogP contribution < -0.4 is 5.73 Å². The summed E-state index contributed by atoms with van der Waals surface area (Å²) in [5, 5.41) is 22.7. The van der Waals surface area contributed by atoms with Crippen LogP contribution in [-0.2, 0) is 0 Å². The van der Waals surface area contributed by atoms with Gasteiger partial charge in [0, 0.05) is 11.5 Å². The van der Waals surface area contributed by atoms with Gasteiger partial charge in [-0.05, 0) is 12.1 Å². The van der Waals surface area contributed by atoms with Gasteiger partial charge in [0.2, 0.25) is 5.96 Å². The van der Waals surface area contributed by atoms with E-state index in [4.69, 9.17) is 11.1 Å². The number of benzene rings is 1. The highest BCUT2D eigenvalue weighted by Crippen LogP contribution is 2.24. The summed E-state index contributed by atoms with van der Waals surface area (Å²) in [6, 6.07) is 7.05. The first-order valence-corrected chi connectivity index (χ1v) is 5.08. The van der Waals surface area contributed by atoms with Gasteiger partial charge in [0.05, 0.1) is 12.3 Å². The number of nitrogens with zero attached hydrogens (tertiary/aromatic N) is 2. The number of phenols is 1. The van der Waals surface area contributed by atoms with Crippen LogP contribution >= 0.6 is 0 Å². The summed E-state index contributed by atoms with van der Waals surface area (Å²) in [7, 11) is 0. The molecule has 0 aromatic heterocycles. The number of aromatic hydroxyl groups is 1. The molecule has 0 unspecified atom stereocenters. The van der Waals surface area contributed by atoms with Crippen LogP contribution in [0.2, 0.25) is 0 Å². The molecule has 84 valence electrons. The number of nitrogens with two attached hydrogens (primary N) is 1. The number of hydrogen-bond acceptors (Lipinski definition) is 3. The third-order valence-corrected chi connectivity index (χ3v) is 2.60. The van der Waals surface area contributed by atoms with Gasteiger partial charge in [-0.1, -0.05) is 19.1 Å². The van der Waals surface area contributed by atoms with E-state index in [-0.39, 0.29) is 17.6 Å². The molecule has 5 heteroatoms. The molecular weight excluding hydrogens is 204 g/mol. The summed E-state index contributed by atoms with van der Waals surface area (Å²) in [6.07, 6.45) is 0. The first-order chi connectivity index (χ1) is 7.59. The number of hydrazone groups is 1. The van der Waals surface area contributed by atoms with Crippen molar-refractivity contribution in [2.75, 3.05) is 6.54 Å². The second-order valence-electron chi connectivity index (χ2n) is 3.87. The Morgan fingerprint density at radius 2 is 2.25 bits per heavy atom. The van der Waals surface area contributed by atoms with Crippen LogP contribution in [0.25, 0.3) is 0 Å². The van der Waals surface area contributed by atoms with Crippen molar-refractivity contribution in [2.24, 2.45) is 16.8 Å². The molecule has 1 aliphatic rings. The quantitative estimate of drug-likeness (QED) is 0.484. The molecule has 1 atom stereocenters. The second kappa shape index (κ2) is 3.84. The van der Waals surface area contributed by atoms with Crippen LogP contribution in [0, 0.1) is 11.3 Å². The van der Waals surface area contributed by atoms with Crippen LogP contribution in [-0.4, -0.2) is 28.3 Å². The van der Waals surface area contributed by atoms with Crippen LogP contribution in [0.1, 0.15) is 12.5 Å². The fourth-order valence-corrected chi connectivity index (χ4v) is 1.78. The fourth-order valence-electron chi connectivity index (χ4n) is 1.78. The maximum atomic E-state index is 9.73. The molecular formula is C11H14N4O. The Balaban J connectivity index is 2.38. The first kappa shape index (κ1) is 10.5. The maximum Gasteiger partial charge on any atom is 0.209 e.